The number of piperidine rings is 1. The van der Waals surface area contributed by atoms with Gasteiger partial charge in [0.05, 0.1) is 7.11 Å². The first kappa shape index (κ1) is 14.9. The van der Waals surface area contributed by atoms with E-state index in [1.807, 2.05) is 0 Å². The average Bonchev–Trinajstić information content (AvgIpc) is 2.38. The number of nitrogens with one attached hydrogen (secondary N) is 1. The lowest BCUT2D eigenvalue weighted by Gasteiger charge is -2.35. The van der Waals surface area contributed by atoms with E-state index < -0.39 is 23.0 Å². The van der Waals surface area contributed by atoms with E-state index in [0.29, 0.717) is 25.9 Å². The van der Waals surface area contributed by atoms with E-state index in [9.17, 15) is 9.59 Å². The Bertz CT molecular complexity index is 322. The fourth-order valence-electron chi connectivity index (χ4n) is 1.93. The molecule has 0 aromatic carbocycles. The Morgan fingerprint density at radius 3 is 2.28 bits per heavy atom. The number of hydrogen-bond donors (Lipinski definition) is 2. The molecule has 1 fully saturated rings. The van der Waals surface area contributed by atoms with Crippen LogP contribution >= 0.6 is 0 Å². The molecule has 0 aromatic heterocycles. The first-order valence-electron chi connectivity index (χ1n) is 6.10. The number of hydrogen-bond acceptors (Lipinski definition) is 6. The van der Waals surface area contributed by atoms with Crippen molar-refractivity contribution >= 4 is 11.9 Å². The van der Waals surface area contributed by atoms with Crippen molar-refractivity contribution in [2.24, 2.45) is 11.1 Å². The summed E-state index contributed by atoms with van der Waals surface area (Å²) in [5, 5.41) is 3.11. The zero-order valence-corrected chi connectivity index (χ0v) is 11.2. The lowest BCUT2D eigenvalue weighted by Crippen LogP contribution is -2.51. The minimum absolute atomic E-state index is 0.203. The van der Waals surface area contributed by atoms with E-state index in [0.717, 1.165) is 0 Å². The highest BCUT2D eigenvalue weighted by Crippen LogP contribution is 2.33. The molecule has 1 heterocycles. The Kier molecular flexibility index (Phi) is 4.70. The summed E-state index contributed by atoms with van der Waals surface area (Å²) in [6, 6.07) is 0. The minimum atomic E-state index is -1.19. The predicted molar refractivity (Wildman–Crippen MR) is 65.8 cm³/mol. The van der Waals surface area contributed by atoms with Gasteiger partial charge in [0.15, 0.2) is 5.41 Å². The summed E-state index contributed by atoms with van der Waals surface area (Å²) in [7, 11) is 1.29. The quantitative estimate of drug-likeness (QED) is 0.536. The second kappa shape index (κ2) is 5.67. The van der Waals surface area contributed by atoms with Gasteiger partial charge in [-0.2, -0.15) is 0 Å². The lowest BCUT2D eigenvalue weighted by molar-refractivity contribution is -0.181. The topological polar surface area (TPSA) is 90.7 Å². The van der Waals surface area contributed by atoms with Crippen LogP contribution in [-0.2, 0) is 19.1 Å². The average molecular weight is 258 g/mol. The molecule has 0 aliphatic carbocycles. The van der Waals surface area contributed by atoms with E-state index in [1.165, 1.54) is 7.11 Å². The third kappa shape index (κ3) is 3.00. The number of ether oxygens (including phenoxy) is 2. The Morgan fingerprint density at radius 2 is 1.83 bits per heavy atom. The third-order valence-corrected chi connectivity index (χ3v) is 3.28. The minimum Gasteiger partial charge on any atom is -0.468 e. The van der Waals surface area contributed by atoms with Gasteiger partial charge < -0.3 is 20.5 Å². The van der Waals surface area contributed by atoms with Crippen LogP contribution in [0.5, 0.6) is 0 Å². The zero-order chi connectivity index (χ0) is 13.8. The van der Waals surface area contributed by atoms with Gasteiger partial charge in [0.2, 0.25) is 0 Å². The maximum Gasteiger partial charge on any atom is 0.324 e. The van der Waals surface area contributed by atoms with Gasteiger partial charge in [-0.3, -0.25) is 9.59 Å². The molecular formula is C12H22N2O4. The van der Waals surface area contributed by atoms with Crippen molar-refractivity contribution in [2.75, 3.05) is 26.7 Å². The highest BCUT2D eigenvalue weighted by molar-refractivity contribution is 6.00. The standard InChI is InChI=1S/C12H22N2O4/c1-11(2,8-13)18-10(16)12(9(15)17-3)4-6-14-7-5-12/h14H,4-8,13H2,1-3H3. The Morgan fingerprint density at radius 1 is 1.28 bits per heavy atom. The van der Waals surface area contributed by atoms with Gasteiger partial charge in [0.1, 0.15) is 5.60 Å². The second-order valence-electron chi connectivity index (χ2n) is 5.18. The molecule has 0 unspecified atom stereocenters. The van der Waals surface area contributed by atoms with Crippen LogP contribution < -0.4 is 11.1 Å². The van der Waals surface area contributed by atoms with Crippen molar-refractivity contribution in [1.82, 2.24) is 5.32 Å². The predicted octanol–water partition coefficient (Wildman–Crippen LogP) is -0.190. The van der Waals surface area contributed by atoms with E-state index in [4.69, 9.17) is 15.2 Å². The third-order valence-electron chi connectivity index (χ3n) is 3.28. The molecule has 1 rings (SSSR count). The van der Waals surface area contributed by atoms with Crippen LogP contribution in [-0.4, -0.2) is 44.3 Å². The van der Waals surface area contributed by atoms with Gasteiger partial charge in [-0.25, -0.2) is 0 Å². The maximum absolute atomic E-state index is 12.3. The number of methoxy groups -OCH3 is 1. The van der Waals surface area contributed by atoms with Crippen molar-refractivity contribution in [2.45, 2.75) is 32.3 Å². The van der Waals surface area contributed by atoms with Gasteiger partial charge in [0.25, 0.3) is 0 Å². The Hall–Kier alpha value is -1.14. The van der Waals surface area contributed by atoms with Crippen molar-refractivity contribution in [3.63, 3.8) is 0 Å². The lowest BCUT2D eigenvalue weighted by atomic mass is 9.79. The van der Waals surface area contributed by atoms with Crippen LogP contribution in [0.3, 0.4) is 0 Å². The van der Waals surface area contributed by atoms with Crippen LogP contribution in [0.2, 0.25) is 0 Å². The zero-order valence-electron chi connectivity index (χ0n) is 11.2. The fourth-order valence-corrected chi connectivity index (χ4v) is 1.93. The van der Waals surface area contributed by atoms with Crippen molar-refractivity contribution in [3.8, 4) is 0 Å². The molecule has 0 amide bonds. The first-order chi connectivity index (χ1) is 8.38. The summed E-state index contributed by atoms with van der Waals surface area (Å²) in [6.45, 7) is 4.82. The molecule has 1 saturated heterocycles. The monoisotopic (exact) mass is 258 g/mol. The molecule has 104 valence electrons. The SMILES string of the molecule is COC(=O)C1(C(=O)OC(C)(C)CN)CCNCC1. The highest BCUT2D eigenvalue weighted by atomic mass is 16.6. The molecule has 0 atom stereocenters. The summed E-state index contributed by atoms with van der Waals surface area (Å²) >= 11 is 0. The molecule has 3 N–H and O–H groups in total. The van der Waals surface area contributed by atoms with Gasteiger partial charge in [0, 0.05) is 6.54 Å². The van der Waals surface area contributed by atoms with Crippen molar-refractivity contribution in [1.29, 1.82) is 0 Å². The number of carbonyl (C=O) groups is 2. The molecule has 1 aliphatic heterocycles. The number of esters is 2. The van der Waals surface area contributed by atoms with E-state index >= 15 is 0 Å². The van der Waals surface area contributed by atoms with Crippen LogP contribution in [0.15, 0.2) is 0 Å². The van der Waals surface area contributed by atoms with Crippen molar-refractivity contribution < 1.29 is 19.1 Å². The highest BCUT2D eigenvalue weighted by Gasteiger charge is 2.50. The van der Waals surface area contributed by atoms with Crippen LogP contribution in [0.25, 0.3) is 0 Å². The number of nitrogens with two attached hydrogens (primary N) is 1. The van der Waals surface area contributed by atoms with Crippen LogP contribution in [0.1, 0.15) is 26.7 Å². The Balaban J connectivity index is 2.90. The van der Waals surface area contributed by atoms with Gasteiger partial charge >= 0.3 is 11.9 Å². The summed E-state index contributed by atoms with van der Waals surface area (Å²) in [5.74, 6) is -1.06. The largest absolute Gasteiger partial charge is 0.468 e. The summed E-state index contributed by atoms with van der Waals surface area (Å²) in [6.07, 6.45) is 0.776. The smallest absolute Gasteiger partial charge is 0.324 e. The molecule has 0 spiro atoms. The van der Waals surface area contributed by atoms with Gasteiger partial charge in [-0.05, 0) is 39.8 Å². The molecule has 18 heavy (non-hydrogen) atoms. The van der Waals surface area contributed by atoms with Gasteiger partial charge in [-0.1, -0.05) is 0 Å². The molecular weight excluding hydrogens is 236 g/mol. The maximum atomic E-state index is 12.3. The summed E-state index contributed by atoms with van der Waals surface area (Å²) in [5.41, 5.74) is 3.57. The van der Waals surface area contributed by atoms with E-state index in [2.05, 4.69) is 5.32 Å². The molecule has 0 saturated carbocycles. The van der Waals surface area contributed by atoms with E-state index in [-0.39, 0.29) is 6.54 Å². The number of carbonyl (C=O) groups excluding carboxylic acids is 2. The van der Waals surface area contributed by atoms with Crippen molar-refractivity contribution in [3.05, 3.63) is 0 Å². The molecule has 1 aliphatic rings. The molecule has 0 aromatic rings. The fraction of sp³-hybridized carbons (Fsp3) is 0.833. The number of rotatable bonds is 4. The molecule has 6 nitrogen and oxygen atoms in total. The first-order valence-corrected chi connectivity index (χ1v) is 6.10. The van der Waals surface area contributed by atoms with E-state index in [1.54, 1.807) is 13.8 Å². The Labute approximate surface area is 107 Å². The van der Waals surface area contributed by atoms with Crippen LogP contribution in [0.4, 0.5) is 0 Å². The van der Waals surface area contributed by atoms with Gasteiger partial charge in [-0.15, -0.1) is 0 Å². The molecule has 6 heteroatoms. The summed E-state index contributed by atoms with van der Waals surface area (Å²) in [4.78, 5) is 24.2. The normalized spacial score (nSPS) is 19.1. The second-order valence-corrected chi connectivity index (χ2v) is 5.18. The molecule has 0 radical (unpaired) electrons. The van der Waals surface area contributed by atoms with Crippen LogP contribution in [0, 0.1) is 5.41 Å². The summed E-state index contributed by atoms with van der Waals surface area (Å²) < 4.78 is 10.1. The molecule has 0 bridgehead atoms.